The molecule has 0 aliphatic rings. The highest BCUT2D eigenvalue weighted by atomic mass is 127. The summed E-state index contributed by atoms with van der Waals surface area (Å²) in [6.45, 7) is 1.73. The number of thiophene rings is 2. The Bertz CT molecular complexity index is 553. The fourth-order valence-electron chi connectivity index (χ4n) is 2.19. The zero-order valence-corrected chi connectivity index (χ0v) is 17.7. The van der Waals surface area contributed by atoms with E-state index >= 15 is 0 Å². The molecule has 1 atom stereocenters. The number of likely N-dealkylation sites (N-methyl/N-ethyl adjacent to an activating group) is 1. The Morgan fingerprint density at radius 3 is 2.48 bits per heavy atom. The highest BCUT2D eigenvalue weighted by molar-refractivity contribution is 14.0. The molecule has 1 unspecified atom stereocenters. The van der Waals surface area contributed by atoms with Crippen molar-refractivity contribution in [1.29, 1.82) is 0 Å². The summed E-state index contributed by atoms with van der Waals surface area (Å²) in [6, 6.07) is 8.90. The predicted molar refractivity (Wildman–Crippen MR) is 114 cm³/mol. The van der Waals surface area contributed by atoms with Crippen LogP contribution in [0.25, 0.3) is 0 Å². The van der Waals surface area contributed by atoms with Crippen LogP contribution in [0.5, 0.6) is 0 Å². The topological polar surface area (TPSA) is 39.7 Å². The number of halogens is 1. The fraction of sp³-hybridized carbons (Fsp3) is 0.438. The van der Waals surface area contributed by atoms with E-state index in [1.807, 2.05) is 7.05 Å². The van der Waals surface area contributed by atoms with E-state index in [2.05, 4.69) is 69.6 Å². The minimum Gasteiger partial charge on any atom is -0.356 e. The highest BCUT2D eigenvalue weighted by Crippen LogP contribution is 2.22. The molecule has 0 bridgehead atoms. The van der Waals surface area contributed by atoms with Crippen molar-refractivity contribution in [3.8, 4) is 0 Å². The molecule has 0 aromatic carbocycles. The van der Waals surface area contributed by atoms with Gasteiger partial charge in [-0.1, -0.05) is 12.1 Å². The second-order valence-electron chi connectivity index (χ2n) is 5.20. The quantitative estimate of drug-likeness (QED) is 0.375. The van der Waals surface area contributed by atoms with Gasteiger partial charge >= 0.3 is 0 Å². The molecule has 0 spiro atoms. The van der Waals surface area contributed by atoms with E-state index in [1.165, 1.54) is 9.75 Å². The molecule has 2 N–H and O–H groups in total. The standard InChI is InChI=1S/C16H24N4S2.HI/c1-17-16(18-9-8-13-6-4-10-21-13)19-12-14(20(2)3)15-7-5-11-22-15;/h4-7,10-11,14H,8-9,12H2,1-3H3,(H2,17,18,19);1H. The number of rotatable bonds is 7. The second-order valence-corrected chi connectivity index (χ2v) is 7.22. The van der Waals surface area contributed by atoms with Crippen molar-refractivity contribution < 1.29 is 0 Å². The zero-order chi connectivity index (χ0) is 15.8. The molecule has 7 heteroatoms. The van der Waals surface area contributed by atoms with Gasteiger partial charge < -0.3 is 15.5 Å². The molecule has 4 nitrogen and oxygen atoms in total. The number of hydrogen-bond donors (Lipinski definition) is 2. The molecule has 0 saturated carbocycles. The van der Waals surface area contributed by atoms with E-state index < -0.39 is 0 Å². The minimum atomic E-state index is 0. The lowest BCUT2D eigenvalue weighted by atomic mass is 10.2. The molecule has 0 fully saturated rings. The van der Waals surface area contributed by atoms with Gasteiger partial charge in [0.15, 0.2) is 5.96 Å². The van der Waals surface area contributed by atoms with Gasteiger partial charge in [0, 0.05) is 29.9 Å². The number of nitrogens with one attached hydrogen (secondary N) is 2. The van der Waals surface area contributed by atoms with Crippen LogP contribution in [0, 0.1) is 0 Å². The summed E-state index contributed by atoms with van der Waals surface area (Å²) in [5.41, 5.74) is 0. The van der Waals surface area contributed by atoms with Crippen molar-refractivity contribution in [2.45, 2.75) is 12.5 Å². The number of guanidine groups is 1. The molecule has 2 rings (SSSR count). The first-order valence-corrected chi connectivity index (χ1v) is 9.13. The molecule has 128 valence electrons. The van der Waals surface area contributed by atoms with Crippen LogP contribution in [0.1, 0.15) is 15.8 Å². The third-order valence-electron chi connectivity index (χ3n) is 3.43. The summed E-state index contributed by atoms with van der Waals surface area (Å²) in [7, 11) is 6.04. The zero-order valence-electron chi connectivity index (χ0n) is 13.8. The molecular formula is C16H25IN4S2. The fourth-order valence-corrected chi connectivity index (χ4v) is 3.82. The van der Waals surface area contributed by atoms with Gasteiger partial charge in [-0.3, -0.25) is 4.99 Å². The van der Waals surface area contributed by atoms with E-state index in [0.29, 0.717) is 6.04 Å². The van der Waals surface area contributed by atoms with Gasteiger partial charge in [0.25, 0.3) is 0 Å². The Balaban J connectivity index is 0.00000264. The Labute approximate surface area is 164 Å². The normalized spacial score (nSPS) is 12.8. The molecule has 0 amide bonds. The maximum Gasteiger partial charge on any atom is 0.191 e. The summed E-state index contributed by atoms with van der Waals surface area (Å²) in [5, 5.41) is 11.0. The van der Waals surface area contributed by atoms with E-state index in [0.717, 1.165) is 25.5 Å². The lowest BCUT2D eigenvalue weighted by Crippen LogP contribution is -2.42. The SMILES string of the molecule is CN=C(NCCc1cccs1)NCC(c1cccs1)N(C)C.I. The van der Waals surface area contributed by atoms with Gasteiger partial charge in [-0.15, -0.1) is 46.7 Å². The maximum atomic E-state index is 4.30. The van der Waals surface area contributed by atoms with Crippen molar-refractivity contribution in [1.82, 2.24) is 15.5 Å². The Morgan fingerprint density at radius 2 is 1.91 bits per heavy atom. The van der Waals surface area contributed by atoms with Crippen molar-refractivity contribution in [2.75, 3.05) is 34.2 Å². The number of aliphatic imine (C=N–C) groups is 1. The largest absolute Gasteiger partial charge is 0.356 e. The number of nitrogens with zero attached hydrogens (tertiary/aromatic N) is 2. The van der Waals surface area contributed by atoms with Crippen LogP contribution in [0.3, 0.4) is 0 Å². The average molecular weight is 464 g/mol. The maximum absolute atomic E-state index is 4.30. The first-order valence-electron chi connectivity index (χ1n) is 7.37. The Kier molecular flexibility index (Phi) is 9.77. The smallest absolute Gasteiger partial charge is 0.191 e. The summed E-state index contributed by atoms with van der Waals surface area (Å²) >= 11 is 3.59. The summed E-state index contributed by atoms with van der Waals surface area (Å²) in [6.07, 6.45) is 1.03. The first-order chi connectivity index (χ1) is 10.7. The molecule has 0 aliphatic heterocycles. The molecule has 2 aromatic rings. The molecule has 0 saturated heterocycles. The minimum absolute atomic E-state index is 0. The first kappa shape index (κ1) is 20.4. The summed E-state index contributed by atoms with van der Waals surface area (Å²) in [4.78, 5) is 9.30. The highest BCUT2D eigenvalue weighted by Gasteiger charge is 2.15. The average Bonchev–Trinajstić information content (AvgIpc) is 3.18. The lowest BCUT2D eigenvalue weighted by Gasteiger charge is -2.24. The van der Waals surface area contributed by atoms with E-state index in [9.17, 15) is 0 Å². The second kappa shape index (κ2) is 11.0. The van der Waals surface area contributed by atoms with Crippen LogP contribution in [0.15, 0.2) is 40.0 Å². The van der Waals surface area contributed by atoms with Crippen molar-refractivity contribution in [3.63, 3.8) is 0 Å². The van der Waals surface area contributed by atoms with E-state index in [4.69, 9.17) is 0 Å². The molecule has 2 aromatic heterocycles. The van der Waals surface area contributed by atoms with Gasteiger partial charge in [0.1, 0.15) is 0 Å². The Hall–Kier alpha value is -0.640. The summed E-state index contributed by atoms with van der Waals surface area (Å²) in [5.74, 6) is 0.861. The van der Waals surface area contributed by atoms with Gasteiger partial charge in [0.2, 0.25) is 0 Å². The molecule has 23 heavy (non-hydrogen) atoms. The van der Waals surface area contributed by atoms with Gasteiger partial charge in [0.05, 0.1) is 6.04 Å². The van der Waals surface area contributed by atoms with Crippen LogP contribution in [0.2, 0.25) is 0 Å². The molecular weight excluding hydrogens is 439 g/mol. The third-order valence-corrected chi connectivity index (χ3v) is 5.34. The van der Waals surface area contributed by atoms with Crippen LogP contribution >= 0.6 is 46.7 Å². The van der Waals surface area contributed by atoms with Crippen molar-refractivity contribution >= 4 is 52.6 Å². The Morgan fingerprint density at radius 1 is 1.17 bits per heavy atom. The predicted octanol–water partition coefficient (Wildman–Crippen LogP) is 3.44. The monoisotopic (exact) mass is 464 g/mol. The van der Waals surface area contributed by atoms with Gasteiger partial charge in [-0.2, -0.15) is 0 Å². The van der Waals surface area contributed by atoms with Crippen LogP contribution < -0.4 is 10.6 Å². The van der Waals surface area contributed by atoms with Crippen LogP contribution in [-0.2, 0) is 6.42 Å². The van der Waals surface area contributed by atoms with Crippen molar-refractivity contribution in [3.05, 3.63) is 44.8 Å². The van der Waals surface area contributed by atoms with E-state index in [-0.39, 0.29) is 24.0 Å². The van der Waals surface area contributed by atoms with Crippen molar-refractivity contribution in [2.24, 2.45) is 4.99 Å². The van der Waals surface area contributed by atoms with Gasteiger partial charge in [-0.25, -0.2) is 0 Å². The lowest BCUT2D eigenvalue weighted by molar-refractivity contribution is 0.302. The van der Waals surface area contributed by atoms with Gasteiger partial charge in [-0.05, 0) is 43.4 Å². The van der Waals surface area contributed by atoms with E-state index in [1.54, 1.807) is 22.7 Å². The summed E-state index contributed by atoms with van der Waals surface area (Å²) < 4.78 is 0. The number of hydrogen-bond acceptors (Lipinski definition) is 4. The molecule has 0 radical (unpaired) electrons. The molecule has 0 aliphatic carbocycles. The molecule has 2 heterocycles. The van der Waals surface area contributed by atoms with Crippen LogP contribution in [-0.4, -0.2) is 45.1 Å². The van der Waals surface area contributed by atoms with Crippen LogP contribution in [0.4, 0.5) is 0 Å². The third kappa shape index (κ3) is 6.78.